The van der Waals surface area contributed by atoms with Crippen molar-refractivity contribution >= 4 is 51.8 Å². The smallest absolute Gasteiger partial charge is 0.413 e. The second kappa shape index (κ2) is 12.2. The molecule has 0 aliphatic rings. The van der Waals surface area contributed by atoms with Crippen LogP contribution in [0.4, 0.5) is 0 Å². The van der Waals surface area contributed by atoms with Crippen LogP contribution in [0, 0.1) is 0 Å². The van der Waals surface area contributed by atoms with Gasteiger partial charge in [0.05, 0.1) is 11.1 Å². The van der Waals surface area contributed by atoms with E-state index in [1.54, 1.807) is 17.5 Å². The van der Waals surface area contributed by atoms with Gasteiger partial charge in [-0.15, -0.1) is 11.3 Å². The lowest BCUT2D eigenvalue weighted by Gasteiger charge is -2.24. The quantitative estimate of drug-likeness (QED) is 0.131. The highest BCUT2D eigenvalue weighted by molar-refractivity contribution is 8.03. The molecule has 0 amide bonds. The van der Waals surface area contributed by atoms with Crippen molar-refractivity contribution in [1.29, 1.82) is 0 Å². The minimum atomic E-state index is -1.14. The van der Waals surface area contributed by atoms with Gasteiger partial charge >= 0.3 is 11.3 Å². The van der Waals surface area contributed by atoms with Crippen LogP contribution >= 0.6 is 34.9 Å². The lowest BCUT2D eigenvalue weighted by molar-refractivity contribution is 0.103. The first-order chi connectivity index (χ1) is 16.2. The van der Waals surface area contributed by atoms with Crippen LogP contribution in [-0.4, -0.2) is 52.6 Å². The maximum absolute atomic E-state index is 13.3. The molecule has 10 heteroatoms. The summed E-state index contributed by atoms with van der Waals surface area (Å²) in [5, 5.41) is 2.26. The van der Waals surface area contributed by atoms with Gasteiger partial charge in [-0.2, -0.15) is 11.8 Å². The van der Waals surface area contributed by atoms with Crippen molar-refractivity contribution in [2.45, 2.75) is 49.3 Å². The largest absolute Gasteiger partial charge is 0.423 e. The summed E-state index contributed by atoms with van der Waals surface area (Å²) in [7, 11) is 4.20. The molecule has 3 aromatic heterocycles. The van der Waals surface area contributed by atoms with E-state index in [0.29, 0.717) is 9.90 Å². The first-order valence-electron chi connectivity index (χ1n) is 11.1. The van der Waals surface area contributed by atoms with E-state index >= 15 is 0 Å². The fourth-order valence-electron chi connectivity index (χ4n) is 3.31. The van der Waals surface area contributed by atoms with Gasteiger partial charge in [0.15, 0.2) is 11.2 Å². The zero-order valence-electron chi connectivity index (χ0n) is 19.9. The molecule has 7 nitrogen and oxygen atoms in total. The maximum Gasteiger partial charge on any atom is 0.423 e. The van der Waals surface area contributed by atoms with Crippen molar-refractivity contribution in [3.05, 3.63) is 55.0 Å². The van der Waals surface area contributed by atoms with Gasteiger partial charge in [0.2, 0.25) is 5.78 Å². The van der Waals surface area contributed by atoms with E-state index in [0.717, 1.165) is 18.1 Å². The van der Waals surface area contributed by atoms with Crippen molar-refractivity contribution in [3.8, 4) is 0 Å². The Morgan fingerprint density at radius 1 is 1.12 bits per heavy atom. The van der Waals surface area contributed by atoms with Gasteiger partial charge < -0.3 is 13.7 Å². The van der Waals surface area contributed by atoms with Gasteiger partial charge in [0, 0.05) is 10.5 Å². The number of pyridine rings is 1. The minimum absolute atomic E-state index is 0.0182. The highest BCUT2D eigenvalue weighted by Gasteiger charge is 2.28. The third-order valence-electron chi connectivity index (χ3n) is 4.97. The average Bonchev–Trinajstić information content (AvgIpc) is 3.31. The van der Waals surface area contributed by atoms with Crippen LogP contribution in [-0.2, 0) is 0 Å². The van der Waals surface area contributed by atoms with E-state index in [1.165, 1.54) is 55.0 Å². The number of nitrogens with zero attached hydrogens (tertiary/aromatic N) is 2. The summed E-state index contributed by atoms with van der Waals surface area (Å²) >= 11 is 4.64. The fourth-order valence-corrected chi connectivity index (χ4v) is 6.43. The minimum Gasteiger partial charge on any atom is -0.413 e. The summed E-state index contributed by atoms with van der Waals surface area (Å²) in [5.74, 6) is 1.64. The van der Waals surface area contributed by atoms with Crippen LogP contribution in [0.15, 0.2) is 47.2 Å². The predicted molar refractivity (Wildman–Crippen MR) is 141 cm³/mol. The Balaban J connectivity index is 1.73. The Morgan fingerprint density at radius 2 is 1.85 bits per heavy atom. The number of hydrogen-bond donors (Lipinski definition) is 0. The summed E-state index contributed by atoms with van der Waals surface area (Å²) < 4.78 is 10.0. The Kier molecular flexibility index (Phi) is 9.58. The molecule has 0 spiro atoms. The average molecular weight is 523 g/mol. The number of fused-ring (bicyclic) bond motifs is 1. The van der Waals surface area contributed by atoms with Gasteiger partial charge in [-0.25, -0.2) is 14.6 Å². The van der Waals surface area contributed by atoms with Gasteiger partial charge in [-0.3, -0.25) is 4.79 Å². The number of thioether (sulfide) groups is 2. The third kappa shape index (κ3) is 7.31. The van der Waals surface area contributed by atoms with Crippen molar-refractivity contribution < 1.29 is 13.6 Å². The summed E-state index contributed by atoms with van der Waals surface area (Å²) in [6.07, 6.45) is 6.21. The second-order valence-corrected chi connectivity index (χ2v) is 12.6. The Morgan fingerprint density at radius 3 is 2.56 bits per heavy atom. The number of rotatable bonds is 13. The van der Waals surface area contributed by atoms with E-state index in [-0.39, 0.29) is 27.3 Å². The zero-order chi connectivity index (χ0) is 24.7. The van der Waals surface area contributed by atoms with Crippen LogP contribution in [0.2, 0.25) is 0 Å². The van der Waals surface area contributed by atoms with Crippen molar-refractivity contribution in [1.82, 2.24) is 9.88 Å². The molecule has 184 valence electrons. The van der Waals surface area contributed by atoms with Crippen molar-refractivity contribution in [2.24, 2.45) is 0 Å². The van der Waals surface area contributed by atoms with Gasteiger partial charge in [-0.05, 0) is 64.5 Å². The highest BCUT2D eigenvalue weighted by atomic mass is 32.2. The Bertz CT molecular complexity index is 1220. The molecular formula is C24H30N2O5S3. The van der Waals surface area contributed by atoms with E-state index < -0.39 is 11.3 Å². The number of ketones is 1. The molecule has 34 heavy (non-hydrogen) atoms. The SMILES string of the molecule is CN(C)CCCCCCSCC(C)(C)Sc1ncc2oc(=O)c(=O)oc2c1C(=O)c1cccs1. The molecule has 0 bridgehead atoms. The van der Waals surface area contributed by atoms with Gasteiger partial charge in [-0.1, -0.05) is 30.7 Å². The Hall–Kier alpha value is -1.88. The predicted octanol–water partition coefficient (Wildman–Crippen LogP) is 5.16. The molecule has 0 N–H and O–H groups in total. The number of unbranched alkanes of at least 4 members (excludes halogenated alkanes) is 3. The van der Waals surface area contributed by atoms with Gasteiger partial charge in [0.1, 0.15) is 10.6 Å². The van der Waals surface area contributed by atoms with Crippen molar-refractivity contribution in [2.75, 3.05) is 32.1 Å². The molecule has 0 radical (unpaired) electrons. The molecule has 0 atom stereocenters. The van der Waals surface area contributed by atoms with E-state index in [2.05, 4.69) is 37.8 Å². The van der Waals surface area contributed by atoms with Crippen molar-refractivity contribution in [3.63, 3.8) is 0 Å². The molecule has 0 aromatic carbocycles. The number of carbonyl (C=O) groups excluding carboxylic acids is 1. The number of thiophene rings is 1. The number of hydrogen-bond acceptors (Lipinski definition) is 10. The molecular weight excluding hydrogens is 492 g/mol. The fraction of sp³-hybridized carbons (Fsp3) is 0.500. The third-order valence-corrected chi connectivity index (χ3v) is 8.72. The van der Waals surface area contributed by atoms with Crippen LogP contribution in [0.25, 0.3) is 11.2 Å². The first kappa shape index (κ1) is 26.7. The summed E-state index contributed by atoms with van der Waals surface area (Å²) in [5.41, 5.74) is -2.17. The van der Waals surface area contributed by atoms with E-state index in [1.807, 2.05) is 11.8 Å². The molecule has 0 aliphatic carbocycles. The molecule has 0 aliphatic heterocycles. The molecule has 0 saturated carbocycles. The second-order valence-electron chi connectivity index (χ2n) is 8.85. The van der Waals surface area contributed by atoms with Crippen LogP contribution in [0.5, 0.6) is 0 Å². The monoisotopic (exact) mass is 522 g/mol. The molecule has 0 fully saturated rings. The Labute approximate surface area is 211 Å². The first-order valence-corrected chi connectivity index (χ1v) is 14.0. The molecule has 3 rings (SSSR count). The molecule has 3 heterocycles. The van der Waals surface area contributed by atoms with E-state index in [4.69, 9.17) is 8.83 Å². The number of aromatic nitrogens is 1. The lowest BCUT2D eigenvalue weighted by atomic mass is 10.1. The maximum atomic E-state index is 13.3. The standard InChI is InChI=1S/C24H30N2O5S3/c1-24(2,15-32-12-8-6-5-7-11-26(3)4)34-21-18(19(27)17-10-9-13-33-17)20-16(14-25-21)30-22(28)23(29)31-20/h9-10,13-14H,5-8,11-12,15H2,1-4H3. The highest BCUT2D eigenvalue weighted by Crippen LogP contribution is 2.38. The topological polar surface area (TPSA) is 93.6 Å². The number of carbonyl (C=O) groups is 1. The molecule has 0 unspecified atom stereocenters. The molecule has 0 saturated heterocycles. The zero-order valence-corrected chi connectivity index (χ0v) is 22.4. The summed E-state index contributed by atoms with van der Waals surface area (Å²) in [4.78, 5) is 44.0. The summed E-state index contributed by atoms with van der Waals surface area (Å²) in [6.45, 7) is 5.34. The molecule has 3 aromatic rings. The van der Waals surface area contributed by atoms with E-state index in [9.17, 15) is 14.4 Å². The normalized spacial score (nSPS) is 12.0. The lowest BCUT2D eigenvalue weighted by Crippen LogP contribution is -2.23. The van der Waals surface area contributed by atoms with Crippen LogP contribution in [0.3, 0.4) is 0 Å². The summed E-state index contributed by atoms with van der Waals surface area (Å²) in [6, 6.07) is 3.48. The van der Waals surface area contributed by atoms with Gasteiger partial charge in [0.25, 0.3) is 0 Å². The van der Waals surface area contributed by atoms with Crippen LogP contribution < -0.4 is 11.3 Å². The van der Waals surface area contributed by atoms with Crippen LogP contribution in [0.1, 0.15) is 54.8 Å².